The second-order valence-corrected chi connectivity index (χ2v) is 5.23. The lowest BCUT2D eigenvalue weighted by Gasteiger charge is -2.07. The standard InChI is InChI=1S/C18H19NO3/c1-13-6-8-16(9-7-13)22-18(21)12-19-17(20)11-15-5-3-4-14(2)10-15/h3-10H,11-12H2,1-2H3,(H,19,20). The van der Waals surface area contributed by atoms with E-state index in [2.05, 4.69) is 5.32 Å². The van der Waals surface area contributed by atoms with Gasteiger partial charge in [-0.25, -0.2) is 4.79 Å². The molecule has 114 valence electrons. The highest BCUT2D eigenvalue weighted by Crippen LogP contribution is 2.11. The number of aryl methyl sites for hydroxylation is 2. The van der Waals surface area contributed by atoms with Gasteiger partial charge in [0.15, 0.2) is 0 Å². The van der Waals surface area contributed by atoms with Gasteiger partial charge in [-0.05, 0) is 31.5 Å². The van der Waals surface area contributed by atoms with E-state index in [0.717, 1.165) is 16.7 Å². The van der Waals surface area contributed by atoms with Crippen molar-refractivity contribution in [1.82, 2.24) is 5.32 Å². The lowest BCUT2D eigenvalue weighted by Crippen LogP contribution is -2.32. The molecule has 0 radical (unpaired) electrons. The number of hydrogen-bond acceptors (Lipinski definition) is 3. The van der Waals surface area contributed by atoms with E-state index in [4.69, 9.17) is 4.74 Å². The Morgan fingerprint density at radius 3 is 2.41 bits per heavy atom. The fourth-order valence-electron chi connectivity index (χ4n) is 2.01. The van der Waals surface area contributed by atoms with Gasteiger partial charge < -0.3 is 10.1 Å². The summed E-state index contributed by atoms with van der Waals surface area (Å²) in [5.74, 6) is -0.212. The smallest absolute Gasteiger partial charge is 0.330 e. The maximum atomic E-state index is 11.8. The van der Waals surface area contributed by atoms with E-state index in [1.807, 2.05) is 50.2 Å². The molecule has 0 spiro atoms. The minimum Gasteiger partial charge on any atom is -0.425 e. The number of ether oxygens (including phenoxy) is 1. The first kappa shape index (κ1) is 15.8. The third kappa shape index (κ3) is 5.05. The van der Waals surface area contributed by atoms with Crippen LogP contribution in [-0.4, -0.2) is 18.4 Å². The summed E-state index contributed by atoms with van der Waals surface area (Å²) < 4.78 is 5.14. The van der Waals surface area contributed by atoms with Gasteiger partial charge in [-0.1, -0.05) is 47.5 Å². The maximum absolute atomic E-state index is 11.8. The Balaban J connectivity index is 1.78. The molecule has 0 saturated heterocycles. The van der Waals surface area contributed by atoms with Crippen molar-refractivity contribution >= 4 is 11.9 Å². The van der Waals surface area contributed by atoms with E-state index >= 15 is 0 Å². The minimum absolute atomic E-state index is 0.140. The molecular formula is C18H19NO3. The van der Waals surface area contributed by atoms with Crippen LogP contribution in [0.2, 0.25) is 0 Å². The van der Waals surface area contributed by atoms with E-state index in [0.29, 0.717) is 5.75 Å². The zero-order valence-corrected chi connectivity index (χ0v) is 12.8. The highest BCUT2D eigenvalue weighted by Gasteiger charge is 2.08. The molecule has 22 heavy (non-hydrogen) atoms. The van der Waals surface area contributed by atoms with Crippen LogP contribution in [-0.2, 0) is 16.0 Å². The number of benzene rings is 2. The average Bonchev–Trinajstić information content (AvgIpc) is 2.48. The third-order valence-electron chi connectivity index (χ3n) is 3.13. The summed E-state index contributed by atoms with van der Waals surface area (Å²) in [4.78, 5) is 23.5. The molecule has 0 heterocycles. The first-order valence-corrected chi connectivity index (χ1v) is 7.12. The SMILES string of the molecule is Cc1ccc(OC(=O)CNC(=O)Cc2cccc(C)c2)cc1. The molecule has 2 aromatic rings. The molecule has 0 bridgehead atoms. The van der Waals surface area contributed by atoms with Crippen molar-refractivity contribution in [3.05, 3.63) is 65.2 Å². The van der Waals surface area contributed by atoms with Crippen molar-refractivity contribution in [1.29, 1.82) is 0 Å². The Bertz CT molecular complexity index is 662. The van der Waals surface area contributed by atoms with Crippen LogP contribution in [0.25, 0.3) is 0 Å². The zero-order chi connectivity index (χ0) is 15.9. The summed E-state index contributed by atoms with van der Waals surface area (Å²) in [5.41, 5.74) is 3.11. The van der Waals surface area contributed by atoms with Gasteiger partial charge in [0.1, 0.15) is 12.3 Å². The summed E-state index contributed by atoms with van der Waals surface area (Å²) in [7, 11) is 0. The summed E-state index contributed by atoms with van der Waals surface area (Å²) in [5, 5.41) is 2.57. The second kappa shape index (κ2) is 7.41. The number of carbonyl (C=O) groups excluding carboxylic acids is 2. The van der Waals surface area contributed by atoms with Crippen LogP contribution < -0.4 is 10.1 Å². The molecule has 0 saturated carbocycles. The van der Waals surface area contributed by atoms with Gasteiger partial charge in [-0.3, -0.25) is 4.79 Å². The quantitative estimate of drug-likeness (QED) is 0.681. The van der Waals surface area contributed by atoms with Crippen molar-refractivity contribution < 1.29 is 14.3 Å². The molecule has 0 aromatic heterocycles. The molecule has 2 aromatic carbocycles. The summed E-state index contributed by atoms with van der Waals surface area (Å²) in [6.07, 6.45) is 0.249. The molecule has 0 atom stereocenters. The Labute approximate surface area is 130 Å². The highest BCUT2D eigenvalue weighted by molar-refractivity contribution is 5.84. The lowest BCUT2D eigenvalue weighted by atomic mass is 10.1. The van der Waals surface area contributed by atoms with Crippen molar-refractivity contribution in [3.63, 3.8) is 0 Å². The molecule has 0 aliphatic rings. The largest absolute Gasteiger partial charge is 0.425 e. The van der Waals surface area contributed by atoms with Crippen LogP contribution in [0.3, 0.4) is 0 Å². The summed E-state index contributed by atoms with van der Waals surface area (Å²) in [6, 6.07) is 14.9. The fraction of sp³-hybridized carbons (Fsp3) is 0.222. The Hall–Kier alpha value is -2.62. The van der Waals surface area contributed by atoms with Crippen molar-refractivity contribution in [2.75, 3.05) is 6.54 Å². The van der Waals surface area contributed by atoms with Crippen LogP contribution in [0.1, 0.15) is 16.7 Å². The molecular weight excluding hydrogens is 278 g/mol. The molecule has 0 aliphatic heterocycles. The van der Waals surface area contributed by atoms with Crippen molar-refractivity contribution in [2.24, 2.45) is 0 Å². The van der Waals surface area contributed by atoms with E-state index in [1.54, 1.807) is 12.1 Å². The van der Waals surface area contributed by atoms with E-state index in [9.17, 15) is 9.59 Å². The molecule has 0 fully saturated rings. The zero-order valence-electron chi connectivity index (χ0n) is 12.8. The van der Waals surface area contributed by atoms with Gasteiger partial charge >= 0.3 is 5.97 Å². The van der Waals surface area contributed by atoms with Gasteiger partial charge in [0.2, 0.25) is 5.91 Å². The van der Waals surface area contributed by atoms with Crippen LogP contribution in [0.4, 0.5) is 0 Å². The van der Waals surface area contributed by atoms with Crippen molar-refractivity contribution in [2.45, 2.75) is 20.3 Å². The topological polar surface area (TPSA) is 55.4 Å². The number of nitrogens with one attached hydrogen (secondary N) is 1. The van der Waals surface area contributed by atoms with Gasteiger partial charge in [-0.2, -0.15) is 0 Å². The Morgan fingerprint density at radius 1 is 1.00 bits per heavy atom. The maximum Gasteiger partial charge on any atom is 0.330 e. The molecule has 2 rings (SSSR count). The first-order chi connectivity index (χ1) is 10.5. The predicted octanol–water partition coefficient (Wildman–Crippen LogP) is 2.57. The Kier molecular flexibility index (Phi) is 5.31. The van der Waals surface area contributed by atoms with Gasteiger partial charge in [-0.15, -0.1) is 0 Å². The highest BCUT2D eigenvalue weighted by atomic mass is 16.5. The molecule has 4 heteroatoms. The van der Waals surface area contributed by atoms with Crippen molar-refractivity contribution in [3.8, 4) is 5.75 Å². The van der Waals surface area contributed by atoms with E-state index < -0.39 is 5.97 Å². The molecule has 0 unspecified atom stereocenters. The molecule has 4 nitrogen and oxygen atoms in total. The van der Waals surface area contributed by atoms with Gasteiger partial charge in [0.05, 0.1) is 6.42 Å². The van der Waals surface area contributed by atoms with Crippen LogP contribution in [0.15, 0.2) is 48.5 Å². The number of rotatable bonds is 5. The fourth-order valence-corrected chi connectivity index (χ4v) is 2.01. The Morgan fingerprint density at radius 2 is 1.73 bits per heavy atom. The molecule has 1 amide bonds. The monoisotopic (exact) mass is 297 g/mol. The van der Waals surface area contributed by atoms with E-state index in [-0.39, 0.29) is 18.9 Å². The summed E-state index contributed by atoms with van der Waals surface area (Å²) in [6.45, 7) is 3.79. The number of amides is 1. The van der Waals surface area contributed by atoms with Crippen LogP contribution >= 0.6 is 0 Å². The number of hydrogen-bond donors (Lipinski definition) is 1. The average molecular weight is 297 g/mol. The van der Waals surface area contributed by atoms with E-state index in [1.165, 1.54) is 0 Å². The molecule has 0 aliphatic carbocycles. The van der Waals surface area contributed by atoms with Crippen LogP contribution in [0.5, 0.6) is 5.75 Å². The second-order valence-electron chi connectivity index (χ2n) is 5.23. The van der Waals surface area contributed by atoms with Crippen LogP contribution in [0, 0.1) is 13.8 Å². The first-order valence-electron chi connectivity index (χ1n) is 7.12. The lowest BCUT2D eigenvalue weighted by molar-refractivity contribution is -0.135. The minimum atomic E-state index is -0.485. The number of esters is 1. The van der Waals surface area contributed by atoms with Gasteiger partial charge in [0.25, 0.3) is 0 Å². The third-order valence-corrected chi connectivity index (χ3v) is 3.13. The number of carbonyl (C=O) groups is 2. The normalized spacial score (nSPS) is 10.1. The molecule has 1 N–H and O–H groups in total. The van der Waals surface area contributed by atoms with Gasteiger partial charge in [0, 0.05) is 0 Å². The predicted molar refractivity (Wildman–Crippen MR) is 84.7 cm³/mol. The summed E-state index contributed by atoms with van der Waals surface area (Å²) >= 11 is 0.